The fourth-order valence-corrected chi connectivity index (χ4v) is 4.67. The Bertz CT molecular complexity index is 891. The largest absolute Gasteiger partial charge is 0.496 e. The summed E-state index contributed by atoms with van der Waals surface area (Å²) in [6.45, 7) is 2.44. The predicted octanol–water partition coefficient (Wildman–Crippen LogP) is 1.97. The topological polar surface area (TPSA) is 102 Å². The van der Waals surface area contributed by atoms with E-state index in [2.05, 4.69) is 16.3 Å². The molecule has 1 aliphatic rings. The first-order valence-corrected chi connectivity index (χ1v) is 11.1. The van der Waals surface area contributed by atoms with Crippen molar-refractivity contribution in [1.29, 1.82) is 0 Å². The minimum atomic E-state index is -3.91. The Kier molecular flexibility index (Phi) is 6.15. The number of benzene rings is 1. The average molecular weight is 410 g/mol. The Labute approximate surface area is 163 Å². The number of carbonyl (C=O) groups is 1. The molecular formula is C18H23N3O4S2. The third kappa shape index (κ3) is 4.67. The van der Waals surface area contributed by atoms with Gasteiger partial charge >= 0.3 is 0 Å². The molecule has 3 N–H and O–H groups in total. The maximum atomic E-state index is 12.8. The van der Waals surface area contributed by atoms with Crippen LogP contribution in [0.3, 0.4) is 0 Å². The number of hydrogen-bond donors (Lipinski definition) is 2. The fraction of sp³-hybridized carbons (Fsp3) is 0.389. The fourth-order valence-electron chi connectivity index (χ4n) is 3.27. The molecule has 1 atom stereocenters. The number of nitrogens with zero attached hydrogens (tertiary/aromatic N) is 1. The highest BCUT2D eigenvalue weighted by atomic mass is 32.2. The van der Waals surface area contributed by atoms with E-state index in [9.17, 15) is 13.2 Å². The van der Waals surface area contributed by atoms with Crippen LogP contribution in [-0.4, -0.2) is 46.0 Å². The van der Waals surface area contributed by atoms with E-state index in [0.29, 0.717) is 12.3 Å². The van der Waals surface area contributed by atoms with Gasteiger partial charge in [-0.1, -0.05) is 6.07 Å². The van der Waals surface area contributed by atoms with Gasteiger partial charge in [-0.15, -0.1) is 11.3 Å². The molecule has 1 amide bonds. The van der Waals surface area contributed by atoms with E-state index in [0.717, 1.165) is 25.9 Å². The van der Waals surface area contributed by atoms with Crippen molar-refractivity contribution in [2.45, 2.75) is 23.8 Å². The molecule has 27 heavy (non-hydrogen) atoms. The summed E-state index contributed by atoms with van der Waals surface area (Å²) in [4.78, 5) is 16.2. The second kappa shape index (κ2) is 8.39. The summed E-state index contributed by atoms with van der Waals surface area (Å²) in [5.74, 6) is -0.0909. The summed E-state index contributed by atoms with van der Waals surface area (Å²) < 4.78 is 28.4. The Morgan fingerprint density at radius 2 is 2.07 bits per heavy atom. The van der Waals surface area contributed by atoms with Crippen LogP contribution in [0, 0.1) is 0 Å². The Morgan fingerprint density at radius 3 is 2.67 bits per heavy atom. The van der Waals surface area contributed by atoms with Crippen molar-refractivity contribution in [3.63, 3.8) is 0 Å². The highest BCUT2D eigenvalue weighted by molar-refractivity contribution is 7.89. The van der Waals surface area contributed by atoms with Crippen LogP contribution in [0.4, 0.5) is 0 Å². The lowest BCUT2D eigenvalue weighted by Gasteiger charge is -2.27. The van der Waals surface area contributed by atoms with Crippen LogP contribution in [0.5, 0.6) is 5.75 Å². The van der Waals surface area contributed by atoms with Crippen molar-refractivity contribution in [1.82, 2.24) is 10.2 Å². The van der Waals surface area contributed by atoms with E-state index in [4.69, 9.17) is 9.88 Å². The first-order valence-electron chi connectivity index (χ1n) is 8.66. The molecule has 0 unspecified atom stereocenters. The van der Waals surface area contributed by atoms with Gasteiger partial charge in [0.2, 0.25) is 10.0 Å². The number of likely N-dealkylation sites (tertiary alicyclic amines) is 1. The third-order valence-corrected chi connectivity index (χ3v) is 6.54. The van der Waals surface area contributed by atoms with Gasteiger partial charge in [0.25, 0.3) is 5.91 Å². The number of carbonyl (C=O) groups excluding carboxylic acids is 1. The molecule has 2 aromatic rings. The lowest BCUT2D eigenvalue weighted by atomic mass is 10.1. The van der Waals surface area contributed by atoms with Crippen molar-refractivity contribution in [3.8, 4) is 5.75 Å². The summed E-state index contributed by atoms with van der Waals surface area (Å²) in [6.07, 6.45) is 2.31. The average Bonchev–Trinajstić information content (AvgIpc) is 3.35. The number of rotatable bonds is 7. The number of sulfonamides is 1. The number of amides is 1. The molecule has 0 aliphatic carbocycles. The number of thiophene rings is 1. The van der Waals surface area contributed by atoms with Crippen LogP contribution < -0.4 is 15.2 Å². The van der Waals surface area contributed by atoms with E-state index in [1.54, 1.807) is 11.3 Å². The highest BCUT2D eigenvalue weighted by Crippen LogP contribution is 2.28. The summed E-state index contributed by atoms with van der Waals surface area (Å²) in [7, 11) is -2.47. The molecule has 146 valence electrons. The van der Waals surface area contributed by atoms with Gasteiger partial charge in [0, 0.05) is 11.4 Å². The zero-order valence-corrected chi connectivity index (χ0v) is 16.7. The molecule has 2 heterocycles. The molecule has 0 saturated carbocycles. The van der Waals surface area contributed by atoms with E-state index >= 15 is 0 Å². The monoisotopic (exact) mass is 409 g/mol. The van der Waals surface area contributed by atoms with Gasteiger partial charge in [-0.3, -0.25) is 9.69 Å². The van der Waals surface area contributed by atoms with Crippen molar-refractivity contribution < 1.29 is 17.9 Å². The van der Waals surface area contributed by atoms with Gasteiger partial charge in [-0.2, -0.15) is 0 Å². The Balaban J connectivity index is 1.79. The minimum Gasteiger partial charge on any atom is -0.496 e. The third-order valence-electron chi connectivity index (χ3n) is 4.65. The molecule has 0 radical (unpaired) electrons. The van der Waals surface area contributed by atoms with Crippen LogP contribution >= 0.6 is 11.3 Å². The smallest absolute Gasteiger partial charge is 0.255 e. The van der Waals surface area contributed by atoms with E-state index in [1.165, 1.54) is 30.2 Å². The van der Waals surface area contributed by atoms with Gasteiger partial charge in [-0.05, 0) is 55.6 Å². The molecular weight excluding hydrogens is 386 g/mol. The lowest BCUT2D eigenvalue weighted by Crippen LogP contribution is -2.36. The van der Waals surface area contributed by atoms with Crippen LogP contribution in [0.25, 0.3) is 0 Å². The number of primary sulfonamides is 1. The van der Waals surface area contributed by atoms with Gasteiger partial charge in [0.05, 0.1) is 23.6 Å². The molecule has 0 spiro atoms. The van der Waals surface area contributed by atoms with Crippen molar-refractivity contribution in [3.05, 3.63) is 46.2 Å². The van der Waals surface area contributed by atoms with E-state index < -0.39 is 15.9 Å². The van der Waals surface area contributed by atoms with Crippen LogP contribution in [0.1, 0.15) is 34.1 Å². The highest BCUT2D eigenvalue weighted by Gasteiger charge is 2.25. The number of ether oxygens (including phenoxy) is 1. The van der Waals surface area contributed by atoms with Crippen LogP contribution in [0.15, 0.2) is 40.6 Å². The zero-order chi connectivity index (χ0) is 19.4. The number of nitrogens with two attached hydrogens (primary N) is 1. The number of methoxy groups -OCH3 is 1. The second-order valence-corrected chi connectivity index (χ2v) is 8.93. The summed E-state index contributed by atoms with van der Waals surface area (Å²) in [6, 6.07) is 8.18. The second-order valence-electron chi connectivity index (χ2n) is 6.39. The van der Waals surface area contributed by atoms with Crippen LogP contribution in [0.2, 0.25) is 0 Å². The molecule has 1 aliphatic heterocycles. The Morgan fingerprint density at radius 1 is 1.33 bits per heavy atom. The van der Waals surface area contributed by atoms with Gasteiger partial charge < -0.3 is 10.1 Å². The van der Waals surface area contributed by atoms with Crippen molar-refractivity contribution in [2.24, 2.45) is 5.14 Å². The quantitative estimate of drug-likeness (QED) is 0.728. The molecule has 9 heteroatoms. The lowest BCUT2D eigenvalue weighted by molar-refractivity contribution is 0.0935. The zero-order valence-electron chi connectivity index (χ0n) is 15.1. The molecule has 1 fully saturated rings. The first-order chi connectivity index (χ1) is 12.9. The molecule has 0 bridgehead atoms. The SMILES string of the molecule is COc1ccc(S(N)(=O)=O)cc1C(=O)NC[C@@H](c1cccs1)N1CCCC1. The minimum absolute atomic E-state index is 0.101. The summed E-state index contributed by atoms with van der Waals surface area (Å²) >= 11 is 1.67. The molecule has 3 rings (SSSR count). The number of hydrogen-bond acceptors (Lipinski definition) is 6. The predicted molar refractivity (Wildman–Crippen MR) is 105 cm³/mol. The maximum Gasteiger partial charge on any atom is 0.255 e. The standard InChI is InChI=1S/C18H23N3O4S2/c1-25-16-7-6-13(27(19,23)24)11-14(16)18(22)20-12-15(17-5-4-10-26-17)21-8-2-3-9-21/h4-7,10-11,15H,2-3,8-9,12H2,1H3,(H,20,22)(H2,19,23,24)/t15-/m0/s1. The first kappa shape index (κ1) is 19.8. The maximum absolute atomic E-state index is 12.8. The summed E-state index contributed by atoms with van der Waals surface area (Å²) in [5, 5.41) is 10.1. The van der Waals surface area contributed by atoms with Gasteiger partial charge in [0.15, 0.2) is 0 Å². The van der Waals surface area contributed by atoms with Crippen LogP contribution in [-0.2, 0) is 10.0 Å². The van der Waals surface area contributed by atoms with Crippen molar-refractivity contribution >= 4 is 27.3 Å². The Hall–Kier alpha value is -1.94. The van der Waals surface area contributed by atoms with Gasteiger partial charge in [-0.25, -0.2) is 13.6 Å². The molecule has 7 nitrogen and oxygen atoms in total. The normalized spacial score (nSPS) is 16.2. The molecule has 1 saturated heterocycles. The molecule has 1 aromatic heterocycles. The summed E-state index contributed by atoms with van der Waals surface area (Å²) in [5.41, 5.74) is 0.148. The number of nitrogens with one attached hydrogen (secondary N) is 1. The van der Waals surface area contributed by atoms with E-state index in [1.807, 2.05) is 11.4 Å². The van der Waals surface area contributed by atoms with Crippen molar-refractivity contribution in [2.75, 3.05) is 26.7 Å². The van der Waals surface area contributed by atoms with Gasteiger partial charge in [0.1, 0.15) is 5.75 Å². The molecule has 1 aromatic carbocycles. The van der Waals surface area contributed by atoms with E-state index in [-0.39, 0.29) is 16.5 Å².